The van der Waals surface area contributed by atoms with Crippen molar-refractivity contribution < 1.29 is 10.2 Å². The Kier molecular flexibility index (Phi) is 4.78. The van der Waals surface area contributed by atoms with E-state index in [1.54, 1.807) is 12.4 Å². The maximum absolute atomic E-state index is 9.58. The summed E-state index contributed by atoms with van der Waals surface area (Å²) in [5.74, 6) is 1.60. The summed E-state index contributed by atoms with van der Waals surface area (Å²) in [6.45, 7) is 2.25. The number of rotatable bonds is 6. The van der Waals surface area contributed by atoms with Gasteiger partial charge in [-0.1, -0.05) is 6.92 Å². The molecule has 0 amide bonds. The van der Waals surface area contributed by atoms with E-state index in [2.05, 4.69) is 4.98 Å². The van der Waals surface area contributed by atoms with Gasteiger partial charge in [-0.05, 0) is 31.4 Å². The first-order valence-corrected chi connectivity index (χ1v) is 8.29. The predicted molar refractivity (Wildman–Crippen MR) is 92.8 cm³/mol. The standard InChI is InChI=1S/C18H24N4O2/c1-18(11-23,12-24)10-22(2)17-14-4-3-5-15(14)20-16(21-17)13-6-8-19-9-7-13/h6-9,23-24H,3-5,10-12H2,1-2H3. The molecule has 2 aromatic heterocycles. The van der Waals surface area contributed by atoms with Crippen LogP contribution in [0.1, 0.15) is 24.6 Å². The number of aliphatic hydroxyl groups is 2. The molecule has 0 saturated carbocycles. The third kappa shape index (κ3) is 3.25. The fourth-order valence-electron chi connectivity index (χ4n) is 3.16. The third-order valence-corrected chi connectivity index (χ3v) is 4.59. The molecular formula is C18H24N4O2. The number of aliphatic hydroxyl groups excluding tert-OH is 2. The van der Waals surface area contributed by atoms with Crippen LogP contribution in [0.3, 0.4) is 0 Å². The molecule has 1 aliphatic carbocycles. The molecule has 6 heteroatoms. The fourth-order valence-corrected chi connectivity index (χ4v) is 3.16. The summed E-state index contributed by atoms with van der Waals surface area (Å²) in [5, 5.41) is 19.2. The van der Waals surface area contributed by atoms with Crippen molar-refractivity contribution in [3.8, 4) is 11.4 Å². The van der Waals surface area contributed by atoms with Crippen LogP contribution in [0.25, 0.3) is 11.4 Å². The van der Waals surface area contributed by atoms with E-state index >= 15 is 0 Å². The lowest BCUT2D eigenvalue weighted by molar-refractivity contribution is 0.0761. The summed E-state index contributed by atoms with van der Waals surface area (Å²) >= 11 is 0. The van der Waals surface area contributed by atoms with Crippen LogP contribution in [-0.2, 0) is 12.8 Å². The molecule has 2 aromatic rings. The Morgan fingerprint density at radius 3 is 2.50 bits per heavy atom. The van der Waals surface area contributed by atoms with Gasteiger partial charge in [0, 0.05) is 48.2 Å². The second kappa shape index (κ2) is 6.83. The van der Waals surface area contributed by atoms with E-state index in [1.807, 2.05) is 31.0 Å². The quantitative estimate of drug-likeness (QED) is 0.835. The first-order chi connectivity index (χ1) is 11.6. The van der Waals surface area contributed by atoms with Crippen LogP contribution in [-0.4, -0.2) is 52.0 Å². The molecule has 0 bridgehead atoms. The van der Waals surface area contributed by atoms with E-state index < -0.39 is 5.41 Å². The van der Waals surface area contributed by atoms with Crippen LogP contribution < -0.4 is 4.90 Å². The highest BCUT2D eigenvalue weighted by atomic mass is 16.3. The Hall–Kier alpha value is -2.05. The van der Waals surface area contributed by atoms with Gasteiger partial charge in [0.1, 0.15) is 5.82 Å². The van der Waals surface area contributed by atoms with Crippen molar-refractivity contribution in [2.75, 3.05) is 31.7 Å². The molecule has 0 radical (unpaired) electrons. The van der Waals surface area contributed by atoms with Gasteiger partial charge in [0.15, 0.2) is 5.82 Å². The van der Waals surface area contributed by atoms with E-state index in [1.165, 1.54) is 5.56 Å². The number of hydrogen-bond acceptors (Lipinski definition) is 6. The highest BCUT2D eigenvalue weighted by Gasteiger charge is 2.28. The molecule has 128 valence electrons. The minimum absolute atomic E-state index is 0.0711. The average molecular weight is 328 g/mol. The highest BCUT2D eigenvalue weighted by molar-refractivity contribution is 5.61. The van der Waals surface area contributed by atoms with Gasteiger partial charge in [-0.25, -0.2) is 9.97 Å². The molecule has 1 aliphatic rings. The van der Waals surface area contributed by atoms with Crippen LogP contribution in [0.15, 0.2) is 24.5 Å². The van der Waals surface area contributed by atoms with Gasteiger partial charge in [-0.3, -0.25) is 4.98 Å². The van der Waals surface area contributed by atoms with Gasteiger partial charge in [0.25, 0.3) is 0 Å². The van der Waals surface area contributed by atoms with Crippen molar-refractivity contribution in [1.29, 1.82) is 0 Å². The van der Waals surface area contributed by atoms with E-state index in [4.69, 9.17) is 9.97 Å². The normalized spacial score (nSPS) is 13.8. The summed E-state index contributed by atoms with van der Waals surface area (Å²) in [4.78, 5) is 15.6. The number of hydrogen-bond donors (Lipinski definition) is 2. The molecule has 0 unspecified atom stereocenters. The zero-order valence-corrected chi connectivity index (χ0v) is 14.2. The molecule has 0 atom stereocenters. The Balaban J connectivity index is 1.99. The second-order valence-corrected chi connectivity index (χ2v) is 6.87. The molecule has 0 spiro atoms. The number of nitrogens with zero attached hydrogens (tertiary/aromatic N) is 4. The summed E-state index contributed by atoms with van der Waals surface area (Å²) in [5.41, 5.74) is 2.67. The topological polar surface area (TPSA) is 82.4 Å². The van der Waals surface area contributed by atoms with Gasteiger partial charge >= 0.3 is 0 Å². The third-order valence-electron chi connectivity index (χ3n) is 4.59. The zero-order valence-electron chi connectivity index (χ0n) is 14.2. The van der Waals surface area contributed by atoms with E-state index in [0.717, 1.165) is 36.3 Å². The maximum Gasteiger partial charge on any atom is 0.161 e. The number of aryl methyl sites for hydroxylation is 1. The molecule has 2 N–H and O–H groups in total. The molecule has 6 nitrogen and oxygen atoms in total. The minimum atomic E-state index is -0.567. The fraction of sp³-hybridized carbons (Fsp3) is 0.500. The lowest BCUT2D eigenvalue weighted by atomic mass is 9.92. The Morgan fingerprint density at radius 1 is 1.12 bits per heavy atom. The Bertz CT molecular complexity index is 702. The number of anilines is 1. The summed E-state index contributed by atoms with van der Waals surface area (Å²) < 4.78 is 0. The first-order valence-electron chi connectivity index (χ1n) is 8.29. The molecule has 3 rings (SSSR count). The monoisotopic (exact) mass is 328 g/mol. The SMILES string of the molecule is CN(CC(C)(CO)CO)c1nc(-c2ccncc2)nc2c1CCC2. The lowest BCUT2D eigenvalue weighted by Crippen LogP contribution is -2.39. The van der Waals surface area contributed by atoms with Crippen molar-refractivity contribution in [2.45, 2.75) is 26.2 Å². The zero-order chi connectivity index (χ0) is 17.2. The molecule has 2 heterocycles. The van der Waals surface area contributed by atoms with Gasteiger partial charge in [-0.15, -0.1) is 0 Å². The first kappa shape index (κ1) is 16.8. The van der Waals surface area contributed by atoms with Crippen LogP contribution >= 0.6 is 0 Å². The molecule has 0 aromatic carbocycles. The lowest BCUT2D eigenvalue weighted by Gasteiger charge is -2.32. The number of aromatic nitrogens is 3. The predicted octanol–water partition coefficient (Wildman–Crippen LogP) is 1.45. The van der Waals surface area contributed by atoms with Crippen molar-refractivity contribution in [2.24, 2.45) is 5.41 Å². The van der Waals surface area contributed by atoms with Crippen LogP contribution in [0.5, 0.6) is 0 Å². The number of fused-ring (bicyclic) bond motifs is 1. The van der Waals surface area contributed by atoms with Gasteiger partial charge < -0.3 is 15.1 Å². The summed E-state index contributed by atoms with van der Waals surface area (Å²) in [6, 6.07) is 3.82. The summed E-state index contributed by atoms with van der Waals surface area (Å²) in [7, 11) is 1.96. The van der Waals surface area contributed by atoms with Crippen LogP contribution in [0.2, 0.25) is 0 Å². The smallest absolute Gasteiger partial charge is 0.161 e. The van der Waals surface area contributed by atoms with E-state index in [9.17, 15) is 10.2 Å². The molecular weight excluding hydrogens is 304 g/mol. The van der Waals surface area contributed by atoms with Gasteiger partial charge in [0.2, 0.25) is 0 Å². The largest absolute Gasteiger partial charge is 0.396 e. The average Bonchev–Trinajstić information content (AvgIpc) is 3.10. The summed E-state index contributed by atoms with van der Waals surface area (Å²) in [6.07, 6.45) is 6.50. The molecule has 24 heavy (non-hydrogen) atoms. The highest BCUT2D eigenvalue weighted by Crippen LogP contribution is 2.32. The van der Waals surface area contributed by atoms with Gasteiger partial charge in [0.05, 0.1) is 13.2 Å². The molecule has 0 aliphatic heterocycles. The van der Waals surface area contributed by atoms with Crippen molar-refractivity contribution >= 4 is 5.82 Å². The minimum Gasteiger partial charge on any atom is -0.396 e. The number of pyridine rings is 1. The van der Waals surface area contributed by atoms with Crippen molar-refractivity contribution in [1.82, 2.24) is 15.0 Å². The van der Waals surface area contributed by atoms with Crippen molar-refractivity contribution in [3.63, 3.8) is 0 Å². The van der Waals surface area contributed by atoms with E-state index in [0.29, 0.717) is 12.4 Å². The van der Waals surface area contributed by atoms with Crippen molar-refractivity contribution in [3.05, 3.63) is 35.8 Å². The van der Waals surface area contributed by atoms with Crippen LogP contribution in [0, 0.1) is 5.41 Å². The maximum atomic E-state index is 9.58. The Labute approximate surface area is 142 Å². The molecule has 0 fully saturated rings. The van der Waals surface area contributed by atoms with Crippen LogP contribution in [0.4, 0.5) is 5.82 Å². The molecule has 0 saturated heterocycles. The second-order valence-electron chi connectivity index (χ2n) is 6.87. The van der Waals surface area contributed by atoms with E-state index in [-0.39, 0.29) is 13.2 Å². The van der Waals surface area contributed by atoms with Gasteiger partial charge in [-0.2, -0.15) is 0 Å². The Morgan fingerprint density at radius 2 is 1.83 bits per heavy atom.